The van der Waals surface area contributed by atoms with E-state index in [1.54, 1.807) is 0 Å². The van der Waals surface area contributed by atoms with Gasteiger partial charge in [0.1, 0.15) is 0 Å². The Balaban J connectivity index is 2.62. The van der Waals surface area contributed by atoms with Gasteiger partial charge in [-0.1, -0.05) is 12.2 Å². The van der Waals surface area contributed by atoms with E-state index in [2.05, 4.69) is 37.6 Å². The highest BCUT2D eigenvalue weighted by Crippen LogP contribution is 2.15. The van der Waals surface area contributed by atoms with Crippen LogP contribution >= 0.6 is 12.2 Å². The van der Waals surface area contributed by atoms with Crippen LogP contribution in [0.1, 0.15) is 20.8 Å². The molecule has 2 N–H and O–H groups in total. The molecule has 0 spiro atoms. The van der Waals surface area contributed by atoms with Crippen LogP contribution in [0, 0.1) is 0 Å². The van der Waals surface area contributed by atoms with Gasteiger partial charge < -0.3 is 5.73 Å². The summed E-state index contributed by atoms with van der Waals surface area (Å²) in [5.74, 6) is 0. The topological polar surface area (TPSA) is 32.5 Å². The molecule has 0 amide bonds. The van der Waals surface area contributed by atoms with E-state index in [1.165, 1.54) is 0 Å². The highest BCUT2D eigenvalue weighted by atomic mass is 32.1. The standard InChI is InChI=1S/C10H21N3S/c1-7-5-13(9(3)10(11)14)6-8(2)12(7)4/h7-9H,5-6H2,1-4H3,(H2,11,14). The monoisotopic (exact) mass is 215 g/mol. The van der Waals surface area contributed by atoms with Crippen LogP contribution in [0.4, 0.5) is 0 Å². The molecule has 1 aliphatic rings. The van der Waals surface area contributed by atoms with E-state index < -0.39 is 0 Å². The Hall–Kier alpha value is -0.190. The number of piperazine rings is 1. The van der Waals surface area contributed by atoms with Crippen LogP contribution in [-0.2, 0) is 0 Å². The smallest absolute Gasteiger partial charge is 0.0899 e. The summed E-state index contributed by atoms with van der Waals surface area (Å²) in [6.45, 7) is 8.69. The lowest BCUT2D eigenvalue weighted by molar-refractivity contribution is 0.0527. The second-order valence-corrected chi connectivity index (χ2v) is 4.87. The summed E-state index contributed by atoms with van der Waals surface area (Å²) >= 11 is 5.03. The Kier molecular flexibility index (Phi) is 3.86. The SMILES string of the molecule is CC(C(N)=S)N1CC(C)N(C)C(C)C1. The summed E-state index contributed by atoms with van der Waals surface area (Å²) in [5.41, 5.74) is 5.67. The minimum absolute atomic E-state index is 0.226. The molecule has 1 saturated heterocycles. The molecular formula is C10H21N3S. The first kappa shape index (κ1) is 11.9. The first-order valence-electron chi connectivity index (χ1n) is 5.18. The molecule has 0 aliphatic carbocycles. The maximum atomic E-state index is 5.67. The summed E-state index contributed by atoms with van der Waals surface area (Å²) in [4.78, 5) is 5.38. The molecule has 1 aliphatic heterocycles. The minimum Gasteiger partial charge on any atom is -0.392 e. The van der Waals surface area contributed by atoms with Crippen LogP contribution in [0.5, 0.6) is 0 Å². The van der Waals surface area contributed by atoms with Crippen molar-refractivity contribution in [1.29, 1.82) is 0 Å². The number of nitrogens with two attached hydrogens (primary N) is 1. The molecule has 1 fully saturated rings. The van der Waals surface area contributed by atoms with E-state index in [0.717, 1.165) is 13.1 Å². The number of rotatable bonds is 2. The van der Waals surface area contributed by atoms with Gasteiger partial charge in [0, 0.05) is 25.2 Å². The van der Waals surface area contributed by atoms with Gasteiger partial charge in [0.2, 0.25) is 0 Å². The van der Waals surface area contributed by atoms with Crippen LogP contribution < -0.4 is 5.73 Å². The molecule has 3 nitrogen and oxygen atoms in total. The number of hydrogen-bond donors (Lipinski definition) is 1. The van der Waals surface area contributed by atoms with Crippen molar-refractivity contribution in [3.8, 4) is 0 Å². The Morgan fingerprint density at radius 1 is 1.36 bits per heavy atom. The average molecular weight is 215 g/mol. The Morgan fingerprint density at radius 2 is 1.79 bits per heavy atom. The lowest BCUT2D eigenvalue weighted by Crippen LogP contribution is -2.58. The Morgan fingerprint density at radius 3 is 2.14 bits per heavy atom. The third kappa shape index (κ3) is 2.43. The molecule has 0 bridgehead atoms. The third-order valence-electron chi connectivity index (χ3n) is 3.35. The van der Waals surface area contributed by atoms with E-state index in [4.69, 9.17) is 18.0 Å². The number of likely N-dealkylation sites (N-methyl/N-ethyl adjacent to an activating group) is 1. The Bertz CT molecular complexity index is 207. The molecular weight excluding hydrogens is 194 g/mol. The fourth-order valence-electron chi connectivity index (χ4n) is 1.94. The molecule has 0 radical (unpaired) electrons. The van der Waals surface area contributed by atoms with Gasteiger partial charge in [-0.3, -0.25) is 9.80 Å². The van der Waals surface area contributed by atoms with Crippen molar-refractivity contribution >= 4 is 17.2 Å². The lowest BCUT2D eigenvalue weighted by Gasteiger charge is -2.44. The quantitative estimate of drug-likeness (QED) is 0.687. The average Bonchev–Trinajstić information content (AvgIpc) is 2.12. The maximum Gasteiger partial charge on any atom is 0.0899 e. The first-order chi connectivity index (χ1) is 6.43. The van der Waals surface area contributed by atoms with Crippen molar-refractivity contribution < 1.29 is 0 Å². The van der Waals surface area contributed by atoms with Gasteiger partial charge in [-0.15, -0.1) is 0 Å². The predicted octanol–water partition coefficient (Wildman–Crippen LogP) is 0.685. The van der Waals surface area contributed by atoms with Crippen LogP contribution in [0.3, 0.4) is 0 Å². The van der Waals surface area contributed by atoms with Crippen LogP contribution in [0.25, 0.3) is 0 Å². The van der Waals surface area contributed by atoms with Crippen LogP contribution in [0.2, 0.25) is 0 Å². The van der Waals surface area contributed by atoms with Crippen molar-refractivity contribution in [2.24, 2.45) is 5.73 Å². The Labute approximate surface area is 92.2 Å². The fraction of sp³-hybridized carbons (Fsp3) is 0.900. The van der Waals surface area contributed by atoms with Gasteiger partial charge in [-0.2, -0.15) is 0 Å². The van der Waals surface area contributed by atoms with E-state index in [9.17, 15) is 0 Å². The molecule has 3 unspecified atom stereocenters. The van der Waals surface area contributed by atoms with Gasteiger partial charge >= 0.3 is 0 Å². The molecule has 0 aromatic carbocycles. The summed E-state index contributed by atoms with van der Waals surface area (Å²) in [7, 11) is 2.18. The molecule has 0 aromatic heterocycles. The van der Waals surface area contributed by atoms with E-state index in [1.807, 2.05) is 0 Å². The second kappa shape index (κ2) is 4.55. The van der Waals surface area contributed by atoms with Crippen molar-refractivity contribution in [2.75, 3.05) is 20.1 Å². The van der Waals surface area contributed by atoms with Gasteiger partial charge in [0.25, 0.3) is 0 Å². The predicted molar refractivity (Wildman–Crippen MR) is 64.5 cm³/mol. The largest absolute Gasteiger partial charge is 0.392 e. The zero-order valence-corrected chi connectivity index (χ0v) is 10.3. The number of hydrogen-bond acceptors (Lipinski definition) is 3. The molecule has 0 aromatic rings. The molecule has 82 valence electrons. The van der Waals surface area contributed by atoms with Gasteiger partial charge in [0.05, 0.1) is 11.0 Å². The van der Waals surface area contributed by atoms with Crippen molar-refractivity contribution in [2.45, 2.75) is 38.9 Å². The van der Waals surface area contributed by atoms with Crippen molar-refractivity contribution in [3.05, 3.63) is 0 Å². The van der Waals surface area contributed by atoms with Crippen molar-refractivity contribution in [3.63, 3.8) is 0 Å². The number of thiocarbonyl (C=S) groups is 1. The van der Waals surface area contributed by atoms with Gasteiger partial charge in [-0.05, 0) is 27.8 Å². The molecule has 14 heavy (non-hydrogen) atoms. The number of nitrogens with zero attached hydrogens (tertiary/aromatic N) is 2. The van der Waals surface area contributed by atoms with Crippen LogP contribution in [-0.4, -0.2) is 53.1 Å². The maximum absolute atomic E-state index is 5.67. The van der Waals surface area contributed by atoms with E-state index in [-0.39, 0.29) is 6.04 Å². The third-order valence-corrected chi connectivity index (χ3v) is 3.69. The fourth-order valence-corrected chi connectivity index (χ4v) is 2.09. The zero-order chi connectivity index (χ0) is 10.9. The van der Waals surface area contributed by atoms with Gasteiger partial charge in [-0.25, -0.2) is 0 Å². The normalized spacial score (nSPS) is 32.9. The summed E-state index contributed by atoms with van der Waals surface area (Å²) in [6.07, 6.45) is 0. The lowest BCUT2D eigenvalue weighted by atomic mass is 10.1. The highest BCUT2D eigenvalue weighted by Gasteiger charge is 2.29. The second-order valence-electron chi connectivity index (χ2n) is 4.40. The summed E-state index contributed by atoms with van der Waals surface area (Å²) < 4.78 is 0. The molecule has 0 saturated carbocycles. The van der Waals surface area contributed by atoms with Crippen LogP contribution in [0.15, 0.2) is 0 Å². The summed E-state index contributed by atoms with van der Waals surface area (Å²) in [6, 6.07) is 1.38. The molecule has 4 heteroatoms. The summed E-state index contributed by atoms with van der Waals surface area (Å²) in [5, 5.41) is 0. The van der Waals surface area contributed by atoms with E-state index in [0.29, 0.717) is 17.1 Å². The van der Waals surface area contributed by atoms with Gasteiger partial charge in [0.15, 0.2) is 0 Å². The van der Waals surface area contributed by atoms with Crippen molar-refractivity contribution in [1.82, 2.24) is 9.80 Å². The molecule has 1 heterocycles. The molecule has 3 atom stereocenters. The highest BCUT2D eigenvalue weighted by molar-refractivity contribution is 7.80. The minimum atomic E-state index is 0.226. The zero-order valence-electron chi connectivity index (χ0n) is 9.53. The molecule has 1 rings (SSSR count). The first-order valence-corrected chi connectivity index (χ1v) is 5.59. The van der Waals surface area contributed by atoms with E-state index >= 15 is 0 Å².